The number of aryl methyl sites for hydroxylation is 1. The number of rotatable bonds is 2. The van der Waals surface area contributed by atoms with Gasteiger partial charge in [0.1, 0.15) is 0 Å². The summed E-state index contributed by atoms with van der Waals surface area (Å²) in [6.07, 6.45) is 3.43. The summed E-state index contributed by atoms with van der Waals surface area (Å²) in [4.78, 5) is 0. The molecule has 2 aromatic carbocycles. The smallest absolute Gasteiger partial charge is 0.231 e. The first-order valence-electron chi connectivity index (χ1n) is 7.84. The van der Waals surface area contributed by atoms with E-state index in [0.29, 0.717) is 5.11 Å². The second-order valence-corrected chi connectivity index (χ2v) is 6.22. The fourth-order valence-electron chi connectivity index (χ4n) is 3.20. The van der Waals surface area contributed by atoms with Crippen molar-refractivity contribution < 1.29 is 9.47 Å². The van der Waals surface area contributed by atoms with Crippen molar-refractivity contribution in [1.29, 1.82) is 0 Å². The van der Waals surface area contributed by atoms with Gasteiger partial charge < -0.3 is 20.1 Å². The molecular formula is C18H18N2O2S. The van der Waals surface area contributed by atoms with Crippen molar-refractivity contribution in [3.63, 3.8) is 0 Å². The van der Waals surface area contributed by atoms with Gasteiger partial charge in [-0.1, -0.05) is 24.3 Å². The van der Waals surface area contributed by atoms with Crippen molar-refractivity contribution in [2.24, 2.45) is 0 Å². The van der Waals surface area contributed by atoms with Gasteiger partial charge in [0.25, 0.3) is 0 Å². The third kappa shape index (κ3) is 2.97. The average molecular weight is 326 g/mol. The second-order valence-electron chi connectivity index (χ2n) is 5.81. The zero-order chi connectivity index (χ0) is 15.6. The number of benzene rings is 2. The average Bonchev–Trinajstić information content (AvgIpc) is 3.03. The van der Waals surface area contributed by atoms with Crippen molar-refractivity contribution in [3.05, 3.63) is 53.6 Å². The molecule has 0 unspecified atom stereocenters. The molecule has 1 aliphatic carbocycles. The molecule has 0 bridgehead atoms. The molecule has 2 aliphatic rings. The van der Waals surface area contributed by atoms with Gasteiger partial charge in [-0.15, -0.1) is 0 Å². The Hall–Kier alpha value is -2.27. The van der Waals surface area contributed by atoms with Crippen molar-refractivity contribution in [2.45, 2.75) is 25.3 Å². The van der Waals surface area contributed by atoms with Gasteiger partial charge in [-0.3, -0.25) is 0 Å². The molecule has 0 amide bonds. The van der Waals surface area contributed by atoms with E-state index in [2.05, 4.69) is 34.9 Å². The molecule has 0 saturated heterocycles. The van der Waals surface area contributed by atoms with Crippen LogP contribution in [-0.4, -0.2) is 11.9 Å². The first-order chi connectivity index (χ1) is 11.3. The van der Waals surface area contributed by atoms with Crippen LogP contribution in [0.2, 0.25) is 0 Å². The Bertz CT molecular complexity index is 748. The summed E-state index contributed by atoms with van der Waals surface area (Å²) in [5, 5.41) is 7.30. The third-order valence-corrected chi connectivity index (χ3v) is 4.53. The van der Waals surface area contributed by atoms with Crippen LogP contribution in [0.1, 0.15) is 30.0 Å². The van der Waals surface area contributed by atoms with E-state index in [-0.39, 0.29) is 12.8 Å². The maximum atomic E-state index is 5.48. The molecule has 4 rings (SSSR count). The van der Waals surface area contributed by atoms with Gasteiger partial charge in [0.15, 0.2) is 16.6 Å². The van der Waals surface area contributed by atoms with Gasteiger partial charge in [-0.2, -0.15) is 0 Å². The first-order valence-corrected chi connectivity index (χ1v) is 8.25. The Labute approximate surface area is 140 Å². The van der Waals surface area contributed by atoms with Gasteiger partial charge in [0, 0.05) is 11.8 Å². The molecule has 1 aliphatic heterocycles. The number of anilines is 1. The summed E-state index contributed by atoms with van der Waals surface area (Å²) < 4.78 is 10.7. The molecule has 2 aromatic rings. The molecule has 0 spiro atoms. The molecule has 5 heteroatoms. The van der Waals surface area contributed by atoms with Crippen LogP contribution in [0.5, 0.6) is 11.5 Å². The van der Waals surface area contributed by atoms with Crippen molar-refractivity contribution in [3.8, 4) is 11.5 Å². The van der Waals surface area contributed by atoms with Crippen molar-refractivity contribution in [1.82, 2.24) is 5.32 Å². The third-order valence-electron chi connectivity index (χ3n) is 4.31. The fraction of sp³-hybridized carbons (Fsp3) is 0.278. The predicted octanol–water partition coefficient (Wildman–Crippen LogP) is 3.78. The van der Waals surface area contributed by atoms with Gasteiger partial charge in [-0.25, -0.2) is 0 Å². The molecule has 0 saturated carbocycles. The molecular weight excluding hydrogens is 308 g/mol. The minimum absolute atomic E-state index is 0.272. The second kappa shape index (κ2) is 6.08. The van der Waals surface area contributed by atoms with E-state index in [9.17, 15) is 0 Å². The highest BCUT2D eigenvalue weighted by Gasteiger charge is 2.20. The van der Waals surface area contributed by atoms with Gasteiger partial charge in [0.2, 0.25) is 6.79 Å². The lowest BCUT2D eigenvalue weighted by atomic mass is 9.88. The summed E-state index contributed by atoms with van der Waals surface area (Å²) in [6, 6.07) is 14.6. The van der Waals surface area contributed by atoms with E-state index < -0.39 is 0 Å². The largest absolute Gasteiger partial charge is 0.454 e. The number of nitrogens with one attached hydrogen (secondary N) is 2. The monoisotopic (exact) mass is 326 g/mol. The minimum Gasteiger partial charge on any atom is -0.454 e. The summed E-state index contributed by atoms with van der Waals surface area (Å²) in [5.74, 6) is 1.52. The van der Waals surface area contributed by atoms with E-state index in [4.69, 9.17) is 21.7 Å². The Balaban J connectivity index is 1.45. The number of hydrogen-bond donors (Lipinski definition) is 2. The van der Waals surface area contributed by atoms with E-state index >= 15 is 0 Å². The molecule has 2 N–H and O–H groups in total. The zero-order valence-electron chi connectivity index (χ0n) is 12.7. The van der Waals surface area contributed by atoms with Crippen LogP contribution < -0.4 is 20.1 Å². The Morgan fingerprint density at radius 1 is 1.09 bits per heavy atom. The fourth-order valence-corrected chi connectivity index (χ4v) is 3.46. The molecule has 0 aromatic heterocycles. The van der Waals surface area contributed by atoms with E-state index in [0.717, 1.165) is 30.0 Å². The molecule has 118 valence electrons. The lowest BCUT2D eigenvalue weighted by molar-refractivity contribution is 0.174. The number of hydrogen-bond acceptors (Lipinski definition) is 3. The number of thiocarbonyl (C=S) groups is 1. The molecule has 4 nitrogen and oxygen atoms in total. The van der Waals surface area contributed by atoms with Crippen LogP contribution in [0.25, 0.3) is 0 Å². The number of ether oxygens (including phenoxy) is 2. The highest BCUT2D eigenvalue weighted by molar-refractivity contribution is 7.80. The van der Waals surface area contributed by atoms with Gasteiger partial charge in [-0.05, 0) is 54.7 Å². The standard InChI is InChI=1S/C18H18N2O2S/c23-18(19-13-8-9-16-17(10-13)22-11-21-16)20-15-7-3-5-12-4-1-2-6-14(12)15/h1-2,4,6,8-10,15H,3,5,7,11H2,(H2,19,20,23)/t15-/m1/s1. The quantitative estimate of drug-likeness (QED) is 0.822. The zero-order valence-corrected chi connectivity index (χ0v) is 13.5. The Morgan fingerprint density at radius 3 is 2.91 bits per heavy atom. The highest BCUT2D eigenvalue weighted by Crippen LogP contribution is 2.34. The van der Waals surface area contributed by atoms with Gasteiger partial charge >= 0.3 is 0 Å². The molecule has 0 radical (unpaired) electrons. The van der Waals surface area contributed by atoms with Crippen LogP contribution in [0, 0.1) is 0 Å². The maximum absolute atomic E-state index is 5.48. The van der Waals surface area contributed by atoms with E-state index in [1.807, 2.05) is 18.2 Å². The van der Waals surface area contributed by atoms with Gasteiger partial charge in [0.05, 0.1) is 6.04 Å². The Morgan fingerprint density at radius 2 is 1.96 bits per heavy atom. The van der Waals surface area contributed by atoms with Crippen LogP contribution in [0.4, 0.5) is 5.69 Å². The van der Waals surface area contributed by atoms with Crippen LogP contribution in [0.3, 0.4) is 0 Å². The SMILES string of the molecule is S=C(Nc1ccc2c(c1)OCO2)N[C@@H]1CCCc2ccccc21. The van der Waals surface area contributed by atoms with Crippen LogP contribution in [-0.2, 0) is 6.42 Å². The minimum atomic E-state index is 0.272. The van der Waals surface area contributed by atoms with Crippen LogP contribution >= 0.6 is 12.2 Å². The highest BCUT2D eigenvalue weighted by atomic mass is 32.1. The first kappa shape index (κ1) is 14.3. The van der Waals surface area contributed by atoms with E-state index in [1.54, 1.807) is 0 Å². The normalized spacial score (nSPS) is 18.2. The van der Waals surface area contributed by atoms with Crippen molar-refractivity contribution >= 4 is 23.0 Å². The summed E-state index contributed by atoms with van der Waals surface area (Å²) in [5.41, 5.74) is 3.67. The summed E-state index contributed by atoms with van der Waals surface area (Å²) >= 11 is 5.48. The molecule has 23 heavy (non-hydrogen) atoms. The van der Waals surface area contributed by atoms with Crippen LogP contribution in [0.15, 0.2) is 42.5 Å². The Kier molecular flexibility index (Phi) is 3.79. The lowest BCUT2D eigenvalue weighted by Gasteiger charge is -2.27. The summed E-state index contributed by atoms with van der Waals surface area (Å²) in [7, 11) is 0. The lowest BCUT2D eigenvalue weighted by Crippen LogP contribution is -2.34. The maximum Gasteiger partial charge on any atom is 0.231 e. The molecule has 1 heterocycles. The van der Waals surface area contributed by atoms with Crippen molar-refractivity contribution in [2.75, 3.05) is 12.1 Å². The summed E-state index contributed by atoms with van der Waals surface area (Å²) in [6.45, 7) is 0.278. The number of fused-ring (bicyclic) bond motifs is 2. The predicted molar refractivity (Wildman–Crippen MR) is 94.0 cm³/mol. The van der Waals surface area contributed by atoms with E-state index in [1.165, 1.54) is 17.5 Å². The topological polar surface area (TPSA) is 42.5 Å². The molecule has 1 atom stereocenters. The molecule has 0 fully saturated rings.